The average Bonchev–Trinajstić information content (AvgIpc) is 2.69. The van der Waals surface area contributed by atoms with Gasteiger partial charge in [0.05, 0.1) is 25.8 Å². The van der Waals surface area contributed by atoms with E-state index in [0.29, 0.717) is 32.3 Å². The van der Waals surface area contributed by atoms with Gasteiger partial charge in [0, 0.05) is 19.3 Å². The van der Waals surface area contributed by atoms with Crippen LogP contribution in [0.3, 0.4) is 0 Å². The lowest BCUT2D eigenvalue weighted by molar-refractivity contribution is 0.0390. The molecular weight excluding hydrogens is 335 g/mol. The molecule has 1 aromatic heterocycles. The van der Waals surface area contributed by atoms with Crippen LogP contribution < -0.4 is 10.2 Å². The third-order valence-electron chi connectivity index (χ3n) is 4.72. The van der Waals surface area contributed by atoms with Crippen molar-refractivity contribution < 1.29 is 13.9 Å². The topological polar surface area (TPSA) is 59.5 Å². The molecule has 138 valence electrons. The van der Waals surface area contributed by atoms with Gasteiger partial charge in [-0.05, 0) is 36.6 Å². The lowest BCUT2D eigenvalue weighted by Crippen LogP contribution is -2.39. The minimum Gasteiger partial charge on any atom is -0.379 e. The number of hydrogen-bond acceptors (Lipinski definition) is 6. The number of morpholine rings is 1. The van der Waals surface area contributed by atoms with E-state index in [1.807, 2.05) is 12.1 Å². The van der Waals surface area contributed by atoms with E-state index in [1.54, 1.807) is 12.3 Å². The van der Waals surface area contributed by atoms with Crippen molar-refractivity contribution in [3.8, 4) is 0 Å². The van der Waals surface area contributed by atoms with Gasteiger partial charge in [0.2, 0.25) is 5.95 Å². The van der Waals surface area contributed by atoms with Crippen LogP contribution in [0.1, 0.15) is 24.5 Å². The third-order valence-corrected chi connectivity index (χ3v) is 4.72. The number of aromatic nitrogens is 2. The van der Waals surface area contributed by atoms with Crippen LogP contribution in [0.4, 0.5) is 16.2 Å². The summed E-state index contributed by atoms with van der Waals surface area (Å²) in [6, 6.07) is 8.73. The van der Waals surface area contributed by atoms with Gasteiger partial charge >= 0.3 is 0 Å². The second-order valence-electron chi connectivity index (χ2n) is 6.66. The number of ether oxygens (including phenoxy) is 2. The van der Waals surface area contributed by atoms with E-state index < -0.39 is 0 Å². The zero-order valence-corrected chi connectivity index (χ0v) is 14.6. The summed E-state index contributed by atoms with van der Waals surface area (Å²) in [4.78, 5) is 11.2. The Morgan fingerprint density at radius 1 is 1.23 bits per heavy atom. The summed E-state index contributed by atoms with van der Waals surface area (Å²) in [7, 11) is 0. The number of nitrogens with one attached hydrogen (secondary N) is 1. The van der Waals surface area contributed by atoms with Crippen molar-refractivity contribution in [2.45, 2.75) is 25.0 Å². The van der Waals surface area contributed by atoms with Crippen LogP contribution >= 0.6 is 0 Å². The zero-order chi connectivity index (χ0) is 17.8. The summed E-state index contributed by atoms with van der Waals surface area (Å²) in [5, 5.41) is 3.43. The van der Waals surface area contributed by atoms with E-state index in [0.717, 1.165) is 30.8 Å². The van der Waals surface area contributed by atoms with Crippen molar-refractivity contribution in [3.63, 3.8) is 0 Å². The van der Waals surface area contributed by atoms with E-state index in [1.165, 1.54) is 12.1 Å². The zero-order valence-electron chi connectivity index (χ0n) is 14.6. The Labute approximate surface area is 152 Å². The van der Waals surface area contributed by atoms with Crippen LogP contribution in [0, 0.1) is 5.82 Å². The molecule has 2 atom stereocenters. The second kappa shape index (κ2) is 7.97. The molecule has 0 amide bonds. The first kappa shape index (κ1) is 17.2. The fourth-order valence-corrected chi connectivity index (χ4v) is 3.38. The third kappa shape index (κ3) is 4.11. The van der Waals surface area contributed by atoms with Crippen LogP contribution in [0.2, 0.25) is 0 Å². The summed E-state index contributed by atoms with van der Waals surface area (Å²) in [5.74, 6) is 1.22. The van der Waals surface area contributed by atoms with E-state index in [2.05, 4.69) is 20.2 Å². The molecule has 2 fully saturated rings. The van der Waals surface area contributed by atoms with Crippen molar-refractivity contribution in [2.75, 3.05) is 43.1 Å². The largest absolute Gasteiger partial charge is 0.379 e. The molecule has 6 nitrogen and oxygen atoms in total. The Morgan fingerprint density at radius 3 is 3.04 bits per heavy atom. The maximum Gasteiger partial charge on any atom is 0.227 e. The molecule has 1 N–H and O–H groups in total. The van der Waals surface area contributed by atoms with Gasteiger partial charge in [0.15, 0.2) is 0 Å². The van der Waals surface area contributed by atoms with Crippen molar-refractivity contribution in [2.24, 2.45) is 0 Å². The van der Waals surface area contributed by atoms with Gasteiger partial charge in [0.25, 0.3) is 0 Å². The Morgan fingerprint density at radius 2 is 2.19 bits per heavy atom. The Bertz CT molecular complexity index is 739. The molecule has 2 saturated heterocycles. The number of rotatable bonds is 4. The molecule has 26 heavy (non-hydrogen) atoms. The lowest BCUT2D eigenvalue weighted by atomic mass is 10.1. The van der Waals surface area contributed by atoms with Gasteiger partial charge in [-0.2, -0.15) is 4.98 Å². The van der Waals surface area contributed by atoms with Gasteiger partial charge in [-0.3, -0.25) is 0 Å². The molecule has 2 aliphatic heterocycles. The molecule has 0 saturated carbocycles. The summed E-state index contributed by atoms with van der Waals surface area (Å²) in [6.07, 6.45) is 3.72. The normalized spacial score (nSPS) is 23.7. The second-order valence-corrected chi connectivity index (χ2v) is 6.66. The van der Waals surface area contributed by atoms with E-state index in [9.17, 15) is 4.39 Å². The standard InChI is InChI=1S/C19H23FN4O2/c20-15-4-1-3-14(11-15)17-12-24(8-10-26-17)19-21-7-6-18(23-19)22-16-5-2-9-25-13-16/h1,3-4,6-7,11,16-17H,2,5,8-10,12-13H2,(H,21,22,23). The molecule has 0 radical (unpaired) electrons. The molecule has 2 aliphatic rings. The first-order valence-electron chi connectivity index (χ1n) is 9.07. The summed E-state index contributed by atoms with van der Waals surface area (Å²) >= 11 is 0. The van der Waals surface area contributed by atoms with Crippen molar-refractivity contribution in [1.29, 1.82) is 0 Å². The van der Waals surface area contributed by atoms with E-state index in [-0.39, 0.29) is 18.0 Å². The predicted molar refractivity (Wildman–Crippen MR) is 96.8 cm³/mol. The number of halogens is 1. The predicted octanol–water partition coefficient (Wildman–Crippen LogP) is 2.78. The summed E-state index contributed by atoms with van der Waals surface area (Å²) < 4.78 is 24.8. The fraction of sp³-hybridized carbons (Fsp3) is 0.474. The van der Waals surface area contributed by atoms with Crippen LogP contribution in [0.5, 0.6) is 0 Å². The maximum absolute atomic E-state index is 13.5. The van der Waals surface area contributed by atoms with Crippen LogP contribution in [0.15, 0.2) is 36.5 Å². The van der Waals surface area contributed by atoms with Gasteiger partial charge in [-0.1, -0.05) is 12.1 Å². The van der Waals surface area contributed by atoms with Crippen LogP contribution in [-0.2, 0) is 9.47 Å². The van der Waals surface area contributed by atoms with Crippen molar-refractivity contribution >= 4 is 11.8 Å². The monoisotopic (exact) mass is 358 g/mol. The molecule has 4 rings (SSSR count). The molecule has 3 heterocycles. The van der Waals surface area contributed by atoms with E-state index >= 15 is 0 Å². The number of hydrogen-bond donors (Lipinski definition) is 1. The fourth-order valence-electron chi connectivity index (χ4n) is 3.38. The highest BCUT2D eigenvalue weighted by Gasteiger charge is 2.24. The number of anilines is 2. The van der Waals surface area contributed by atoms with Crippen molar-refractivity contribution in [3.05, 3.63) is 47.9 Å². The summed E-state index contributed by atoms with van der Waals surface area (Å²) in [6.45, 7) is 3.40. The molecule has 0 aliphatic carbocycles. The first-order valence-corrected chi connectivity index (χ1v) is 9.07. The van der Waals surface area contributed by atoms with Gasteiger partial charge in [-0.25, -0.2) is 9.37 Å². The summed E-state index contributed by atoms with van der Waals surface area (Å²) in [5.41, 5.74) is 0.836. The highest BCUT2D eigenvalue weighted by molar-refractivity contribution is 5.42. The molecule has 7 heteroatoms. The molecule has 2 aromatic rings. The molecule has 0 spiro atoms. The Balaban J connectivity index is 1.45. The minimum absolute atomic E-state index is 0.189. The highest BCUT2D eigenvalue weighted by Crippen LogP contribution is 2.25. The van der Waals surface area contributed by atoms with Crippen LogP contribution in [0.25, 0.3) is 0 Å². The number of nitrogens with zero attached hydrogens (tertiary/aromatic N) is 3. The van der Waals surface area contributed by atoms with Crippen LogP contribution in [-0.4, -0.2) is 48.9 Å². The maximum atomic E-state index is 13.5. The Kier molecular flexibility index (Phi) is 5.26. The molecule has 1 aromatic carbocycles. The number of benzene rings is 1. The first-order chi connectivity index (χ1) is 12.8. The highest BCUT2D eigenvalue weighted by atomic mass is 19.1. The smallest absolute Gasteiger partial charge is 0.227 e. The molecular formula is C19H23FN4O2. The molecule has 2 unspecified atom stereocenters. The SMILES string of the molecule is Fc1cccc(C2CN(c3nccc(NC4CCCOC4)n3)CCO2)c1. The van der Waals surface area contributed by atoms with Gasteiger partial charge in [0.1, 0.15) is 17.7 Å². The van der Waals surface area contributed by atoms with Crippen molar-refractivity contribution in [1.82, 2.24) is 9.97 Å². The molecule has 0 bridgehead atoms. The minimum atomic E-state index is -0.250. The quantitative estimate of drug-likeness (QED) is 0.907. The van der Waals surface area contributed by atoms with Gasteiger partial charge < -0.3 is 19.7 Å². The Hall–Kier alpha value is -2.25. The van der Waals surface area contributed by atoms with Gasteiger partial charge in [-0.15, -0.1) is 0 Å². The van der Waals surface area contributed by atoms with E-state index in [4.69, 9.17) is 9.47 Å². The average molecular weight is 358 g/mol. The lowest BCUT2D eigenvalue weighted by Gasteiger charge is -2.33.